The van der Waals surface area contributed by atoms with Gasteiger partial charge in [0.25, 0.3) is 0 Å². The first-order valence-electron chi connectivity index (χ1n) is 7.83. The van der Waals surface area contributed by atoms with Crippen LogP contribution in [0.3, 0.4) is 0 Å². The van der Waals surface area contributed by atoms with Crippen molar-refractivity contribution in [2.45, 2.75) is 32.9 Å². The van der Waals surface area contributed by atoms with E-state index >= 15 is 0 Å². The van der Waals surface area contributed by atoms with Crippen molar-refractivity contribution in [2.24, 2.45) is 13.0 Å². The van der Waals surface area contributed by atoms with Gasteiger partial charge in [-0.3, -0.25) is 14.6 Å². The Morgan fingerprint density at radius 2 is 1.95 bits per heavy atom. The Kier molecular flexibility index (Phi) is 4.27. The van der Waals surface area contributed by atoms with Crippen molar-refractivity contribution in [1.29, 1.82) is 0 Å². The molecule has 5 nitrogen and oxygen atoms in total. The monoisotopic (exact) mass is 300 g/mol. The lowest BCUT2D eigenvalue weighted by atomic mass is 9.97. The fourth-order valence-electron chi connectivity index (χ4n) is 3.36. The maximum absolute atomic E-state index is 10.4. The molecule has 0 radical (unpaired) electrons. The standard InChI is InChI=1S/C17H24N4O/c1-12-16(13(2)20(3)19-12)10-21-9-15(17(22)11-21)8-14-4-6-18-7-5-14/h4-7,15,17,22H,8-11H2,1-3H3/t15-,17-/m1/s1. The molecule has 0 unspecified atom stereocenters. The molecule has 0 spiro atoms. The molecule has 0 amide bonds. The highest BCUT2D eigenvalue weighted by atomic mass is 16.3. The number of rotatable bonds is 4. The summed E-state index contributed by atoms with van der Waals surface area (Å²) in [6.07, 6.45) is 4.28. The van der Waals surface area contributed by atoms with Crippen LogP contribution in [0.2, 0.25) is 0 Å². The molecule has 1 aliphatic heterocycles. The minimum Gasteiger partial charge on any atom is -0.391 e. The number of aliphatic hydroxyl groups excluding tert-OH is 1. The van der Waals surface area contributed by atoms with Crippen LogP contribution in [0.25, 0.3) is 0 Å². The Morgan fingerprint density at radius 3 is 2.59 bits per heavy atom. The van der Waals surface area contributed by atoms with Gasteiger partial charge in [0, 0.05) is 56.3 Å². The zero-order chi connectivity index (χ0) is 15.7. The molecule has 1 saturated heterocycles. The van der Waals surface area contributed by atoms with Gasteiger partial charge in [-0.2, -0.15) is 5.10 Å². The average molecular weight is 300 g/mol. The van der Waals surface area contributed by atoms with Crippen molar-refractivity contribution in [3.05, 3.63) is 47.0 Å². The number of aromatic nitrogens is 3. The first-order valence-corrected chi connectivity index (χ1v) is 7.83. The minimum atomic E-state index is -0.259. The van der Waals surface area contributed by atoms with Gasteiger partial charge in [-0.05, 0) is 38.0 Å². The molecule has 118 valence electrons. The van der Waals surface area contributed by atoms with Crippen LogP contribution in [0, 0.1) is 19.8 Å². The molecule has 1 fully saturated rings. The molecule has 3 heterocycles. The molecule has 2 aromatic rings. The van der Waals surface area contributed by atoms with Crippen LogP contribution in [-0.4, -0.2) is 44.0 Å². The van der Waals surface area contributed by atoms with Crippen molar-refractivity contribution in [2.75, 3.05) is 13.1 Å². The van der Waals surface area contributed by atoms with E-state index in [0.29, 0.717) is 5.92 Å². The second-order valence-corrected chi connectivity index (χ2v) is 6.35. The van der Waals surface area contributed by atoms with Crippen molar-refractivity contribution in [3.63, 3.8) is 0 Å². The lowest BCUT2D eigenvalue weighted by Gasteiger charge is -2.16. The van der Waals surface area contributed by atoms with Gasteiger partial charge < -0.3 is 5.11 Å². The van der Waals surface area contributed by atoms with E-state index in [0.717, 1.165) is 31.7 Å². The van der Waals surface area contributed by atoms with E-state index in [1.165, 1.54) is 16.8 Å². The summed E-state index contributed by atoms with van der Waals surface area (Å²) in [6.45, 7) is 6.70. The average Bonchev–Trinajstić information content (AvgIpc) is 2.95. The largest absolute Gasteiger partial charge is 0.391 e. The third-order valence-electron chi connectivity index (χ3n) is 4.77. The Labute approximate surface area is 131 Å². The smallest absolute Gasteiger partial charge is 0.0710 e. The van der Waals surface area contributed by atoms with Crippen LogP contribution in [0.15, 0.2) is 24.5 Å². The van der Waals surface area contributed by atoms with E-state index in [9.17, 15) is 5.11 Å². The zero-order valence-corrected chi connectivity index (χ0v) is 13.5. The van der Waals surface area contributed by atoms with Crippen molar-refractivity contribution >= 4 is 0 Å². The molecule has 5 heteroatoms. The van der Waals surface area contributed by atoms with Gasteiger partial charge in [-0.1, -0.05) is 0 Å². The quantitative estimate of drug-likeness (QED) is 0.929. The van der Waals surface area contributed by atoms with Gasteiger partial charge in [0.2, 0.25) is 0 Å². The highest BCUT2D eigenvalue weighted by Crippen LogP contribution is 2.24. The highest BCUT2D eigenvalue weighted by Gasteiger charge is 2.31. The summed E-state index contributed by atoms with van der Waals surface area (Å²) in [5, 5.41) is 14.8. The maximum atomic E-state index is 10.4. The first kappa shape index (κ1) is 15.2. The normalized spacial score (nSPS) is 22.4. The van der Waals surface area contributed by atoms with Crippen LogP contribution in [-0.2, 0) is 20.0 Å². The van der Waals surface area contributed by atoms with Crippen molar-refractivity contribution < 1.29 is 5.11 Å². The van der Waals surface area contributed by atoms with E-state index in [4.69, 9.17) is 0 Å². The van der Waals surface area contributed by atoms with Crippen LogP contribution in [0.5, 0.6) is 0 Å². The fourth-order valence-corrected chi connectivity index (χ4v) is 3.36. The van der Waals surface area contributed by atoms with Gasteiger partial charge >= 0.3 is 0 Å². The molecule has 2 aromatic heterocycles. The van der Waals surface area contributed by atoms with Gasteiger partial charge in [-0.15, -0.1) is 0 Å². The van der Waals surface area contributed by atoms with Crippen molar-refractivity contribution in [1.82, 2.24) is 19.7 Å². The molecular weight excluding hydrogens is 276 g/mol. The number of hydrogen-bond acceptors (Lipinski definition) is 4. The number of aliphatic hydroxyl groups is 1. The van der Waals surface area contributed by atoms with E-state index < -0.39 is 0 Å². The van der Waals surface area contributed by atoms with Crippen LogP contribution in [0.1, 0.15) is 22.5 Å². The third kappa shape index (κ3) is 3.05. The van der Waals surface area contributed by atoms with E-state index in [1.807, 2.05) is 36.3 Å². The Balaban J connectivity index is 1.65. The second-order valence-electron chi connectivity index (χ2n) is 6.35. The summed E-state index contributed by atoms with van der Waals surface area (Å²) < 4.78 is 1.94. The predicted octanol–water partition coefficient (Wildman–Crippen LogP) is 1.47. The molecule has 0 aromatic carbocycles. The van der Waals surface area contributed by atoms with Crippen LogP contribution < -0.4 is 0 Å². The number of hydrogen-bond donors (Lipinski definition) is 1. The molecule has 2 atom stereocenters. The van der Waals surface area contributed by atoms with Gasteiger partial charge in [-0.25, -0.2) is 0 Å². The summed E-state index contributed by atoms with van der Waals surface area (Å²) in [7, 11) is 1.98. The molecule has 0 bridgehead atoms. The maximum Gasteiger partial charge on any atom is 0.0710 e. The van der Waals surface area contributed by atoms with Crippen LogP contribution in [0.4, 0.5) is 0 Å². The van der Waals surface area contributed by atoms with Gasteiger partial charge in [0.15, 0.2) is 0 Å². The Morgan fingerprint density at radius 1 is 1.23 bits per heavy atom. The molecule has 3 rings (SSSR count). The number of nitrogens with zero attached hydrogens (tertiary/aromatic N) is 4. The summed E-state index contributed by atoms with van der Waals surface area (Å²) in [5.74, 6) is 0.291. The summed E-state index contributed by atoms with van der Waals surface area (Å²) in [5.41, 5.74) is 4.84. The zero-order valence-electron chi connectivity index (χ0n) is 13.5. The number of aryl methyl sites for hydroxylation is 2. The topological polar surface area (TPSA) is 54.2 Å². The highest BCUT2D eigenvalue weighted by molar-refractivity contribution is 5.24. The Bertz CT molecular complexity index is 638. The molecule has 22 heavy (non-hydrogen) atoms. The second kappa shape index (κ2) is 6.18. The van der Waals surface area contributed by atoms with Gasteiger partial charge in [0.1, 0.15) is 0 Å². The minimum absolute atomic E-state index is 0.259. The summed E-state index contributed by atoms with van der Waals surface area (Å²) in [6, 6.07) is 4.07. The first-order chi connectivity index (χ1) is 10.5. The lowest BCUT2D eigenvalue weighted by molar-refractivity contribution is 0.141. The summed E-state index contributed by atoms with van der Waals surface area (Å²) in [4.78, 5) is 6.39. The van der Waals surface area contributed by atoms with E-state index in [-0.39, 0.29) is 6.10 Å². The number of likely N-dealkylation sites (tertiary alicyclic amines) is 1. The van der Waals surface area contributed by atoms with Crippen molar-refractivity contribution in [3.8, 4) is 0 Å². The molecule has 0 saturated carbocycles. The molecule has 1 aliphatic rings. The van der Waals surface area contributed by atoms with Gasteiger partial charge in [0.05, 0.1) is 11.8 Å². The number of β-amino-alcohol motifs (C(OH)–C–C–N with tert-alkyl or cyclic N) is 1. The lowest BCUT2D eigenvalue weighted by Crippen LogP contribution is -2.22. The molecule has 1 N–H and O–H groups in total. The Hall–Kier alpha value is -1.72. The van der Waals surface area contributed by atoms with E-state index in [2.05, 4.69) is 28.8 Å². The fraction of sp³-hybridized carbons (Fsp3) is 0.529. The molecule has 0 aliphatic carbocycles. The summed E-state index contributed by atoms with van der Waals surface area (Å²) >= 11 is 0. The number of pyridine rings is 1. The SMILES string of the molecule is Cc1nn(C)c(C)c1CN1C[C@@H](Cc2ccncc2)[C@H](O)C1. The van der Waals surface area contributed by atoms with Crippen LogP contribution >= 0.6 is 0 Å². The third-order valence-corrected chi connectivity index (χ3v) is 4.77. The molecular formula is C17H24N4O. The van der Waals surface area contributed by atoms with E-state index in [1.54, 1.807) is 0 Å². The predicted molar refractivity (Wildman–Crippen MR) is 85.4 cm³/mol.